The van der Waals surface area contributed by atoms with Crippen LogP contribution in [-0.4, -0.2) is 27.9 Å². The number of hydrogen-bond acceptors (Lipinski definition) is 2. The van der Waals surface area contributed by atoms with Crippen molar-refractivity contribution in [3.05, 3.63) is 0 Å². The summed E-state index contributed by atoms with van der Waals surface area (Å²) in [4.78, 5) is 10.5. The molecule has 0 aromatic heterocycles. The molecule has 14 heavy (non-hydrogen) atoms. The second-order valence-electron chi connectivity index (χ2n) is 3.89. The van der Waals surface area contributed by atoms with Gasteiger partial charge in [-0.1, -0.05) is 0 Å². The summed E-state index contributed by atoms with van der Waals surface area (Å²) in [6.45, 7) is 0. The Balaban J connectivity index is 2.36. The van der Waals surface area contributed by atoms with Crippen molar-refractivity contribution in [3.63, 3.8) is 0 Å². The SMILES string of the molecule is NC(CC1CCC(Cl)C(Cl)C1)C(=O)O. The Kier molecular flexibility index (Phi) is 4.48. The molecule has 0 saturated heterocycles. The molecule has 5 heteroatoms. The molecular formula is C9H15Cl2NO2. The lowest BCUT2D eigenvalue weighted by atomic mass is 9.84. The van der Waals surface area contributed by atoms with Gasteiger partial charge in [-0.2, -0.15) is 0 Å². The summed E-state index contributed by atoms with van der Waals surface area (Å²) in [6, 6.07) is -0.768. The van der Waals surface area contributed by atoms with E-state index in [2.05, 4.69) is 0 Å². The fourth-order valence-corrected chi connectivity index (χ4v) is 2.44. The molecule has 0 amide bonds. The summed E-state index contributed by atoms with van der Waals surface area (Å²) in [7, 11) is 0. The van der Waals surface area contributed by atoms with E-state index in [0.29, 0.717) is 12.3 Å². The Labute approximate surface area is 93.6 Å². The minimum atomic E-state index is -0.941. The molecule has 1 rings (SSSR count). The Hall–Kier alpha value is 0.01000. The first kappa shape index (κ1) is 12.1. The van der Waals surface area contributed by atoms with Crippen LogP contribution < -0.4 is 5.73 Å². The molecule has 1 aliphatic carbocycles. The van der Waals surface area contributed by atoms with E-state index in [9.17, 15) is 4.79 Å². The predicted octanol–water partition coefficient (Wildman–Crippen LogP) is 1.80. The van der Waals surface area contributed by atoms with Gasteiger partial charge in [-0.25, -0.2) is 0 Å². The Bertz CT molecular complexity index is 213. The van der Waals surface area contributed by atoms with E-state index in [1.54, 1.807) is 0 Å². The van der Waals surface area contributed by atoms with Crippen molar-refractivity contribution in [1.29, 1.82) is 0 Å². The molecular weight excluding hydrogens is 225 g/mol. The highest BCUT2D eigenvalue weighted by atomic mass is 35.5. The minimum absolute atomic E-state index is 0.0222. The largest absolute Gasteiger partial charge is 0.480 e. The highest BCUT2D eigenvalue weighted by Crippen LogP contribution is 2.33. The van der Waals surface area contributed by atoms with Gasteiger partial charge in [0, 0.05) is 5.38 Å². The number of alkyl halides is 2. The van der Waals surface area contributed by atoms with E-state index in [-0.39, 0.29) is 10.8 Å². The number of carboxylic acid groups (broad SMARTS) is 1. The third-order valence-corrected chi connectivity index (χ3v) is 3.84. The first-order valence-electron chi connectivity index (χ1n) is 4.77. The molecule has 82 valence electrons. The van der Waals surface area contributed by atoms with Gasteiger partial charge in [-0.05, 0) is 31.6 Å². The van der Waals surface area contributed by atoms with E-state index in [0.717, 1.165) is 19.3 Å². The van der Waals surface area contributed by atoms with Gasteiger partial charge in [0.15, 0.2) is 0 Å². The fourth-order valence-electron chi connectivity index (χ4n) is 1.83. The van der Waals surface area contributed by atoms with Crippen LogP contribution >= 0.6 is 23.2 Å². The fraction of sp³-hybridized carbons (Fsp3) is 0.889. The predicted molar refractivity (Wildman–Crippen MR) is 56.9 cm³/mol. The molecule has 1 fully saturated rings. The summed E-state index contributed by atoms with van der Waals surface area (Å²) in [6.07, 6.45) is 3.06. The smallest absolute Gasteiger partial charge is 0.320 e. The summed E-state index contributed by atoms with van der Waals surface area (Å²) in [5.41, 5.74) is 5.45. The van der Waals surface area contributed by atoms with Crippen molar-refractivity contribution in [3.8, 4) is 0 Å². The van der Waals surface area contributed by atoms with E-state index in [4.69, 9.17) is 34.0 Å². The van der Waals surface area contributed by atoms with Crippen LogP contribution in [-0.2, 0) is 4.79 Å². The number of halogens is 2. The number of hydrogen-bond donors (Lipinski definition) is 2. The lowest BCUT2D eigenvalue weighted by molar-refractivity contribution is -0.139. The van der Waals surface area contributed by atoms with Crippen molar-refractivity contribution >= 4 is 29.2 Å². The number of carboxylic acids is 1. The Morgan fingerprint density at radius 1 is 1.43 bits per heavy atom. The second kappa shape index (κ2) is 5.19. The van der Waals surface area contributed by atoms with Gasteiger partial charge in [0.2, 0.25) is 0 Å². The summed E-state index contributed by atoms with van der Waals surface area (Å²) >= 11 is 12.0. The summed E-state index contributed by atoms with van der Waals surface area (Å²) in [5.74, 6) is -0.636. The third-order valence-electron chi connectivity index (χ3n) is 2.71. The zero-order valence-corrected chi connectivity index (χ0v) is 9.34. The molecule has 3 nitrogen and oxygen atoms in total. The van der Waals surface area contributed by atoms with Gasteiger partial charge >= 0.3 is 5.97 Å². The van der Waals surface area contributed by atoms with Crippen LogP contribution in [0.15, 0.2) is 0 Å². The van der Waals surface area contributed by atoms with Gasteiger partial charge in [-0.15, -0.1) is 23.2 Å². The molecule has 0 heterocycles. The Morgan fingerprint density at radius 3 is 2.57 bits per heavy atom. The number of carbonyl (C=O) groups is 1. The summed E-state index contributed by atoms with van der Waals surface area (Å²) < 4.78 is 0. The average Bonchev–Trinajstić information content (AvgIpc) is 2.11. The molecule has 0 radical (unpaired) electrons. The second-order valence-corrected chi connectivity index (χ2v) is 5.01. The standard InChI is InChI=1S/C9H15Cl2NO2/c10-6-2-1-5(3-7(6)11)4-8(12)9(13)14/h5-8H,1-4,12H2,(H,13,14). The maximum atomic E-state index is 10.5. The van der Waals surface area contributed by atoms with Crippen molar-refractivity contribution < 1.29 is 9.90 Å². The van der Waals surface area contributed by atoms with Crippen LogP contribution in [0.2, 0.25) is 0 Å². The zero-order valence-electron chi connectivity index (χ0n) is 7.83. The molecule has 0 aromatic carbocycles. The highest BCUT2D eigenvalue weighted by Gasteiger charge is 2.29. The zero-order chi connectivity index (χ0) is 10.7. The van der Waals surface area contributed by atoms with Crippen LogP contribution in [0.4, 0.5) is 0 Å². The van der Waals surface area contributed by atoms with Gasteiger partial charge in [-0.3, -0.25) is 4.79 Å². The topological polar surface area (TPSA) is 63.3 Å². The van der Waals surface area contributed by atoms with E-state index in [1.807, 2.05) is 0 Å². The van der Waals surface area contributed by atoms with Crippen molar-refractivity contribution in [2.45, 2.75) is 42.5 Å². The van der Waals surface area contributed by atoms with E-state index in [1.165, 1.54) is 0 Å². The maximum Gasteiger partial charge on any atom is 0.320 e. The number of aliphatic carboxylic acids is 1. The molecule has 3 N–H and O–H groups in total. The molecule has 4 unspecified atom stereocenters. The summed E-state index contributed by atoms with van der Waals surface area (Å²) in [5, 5.41) is 8.62. The Morgan fingerprint density at radius 2 is 2.07 bits per heavy atom. The number of nitrogens with two attached hydrogens (primary N) is 1. The lowest BCUT2D eigenvalue weighted by Gasteiger charge is -2.29. The molecule has 0 bridgehead atoms. The van der Waals surface area contributed by atoms with Crippen LogP contribution in [0.25, 0.3) is 0 Å². The van der Waals surface area contributed by atoms with Crippen molar-refractivity contribution in [2.75, 3.05) is 0 Å². The van der Waals surface area contributed by atoms with Gasteiger partial charge in [0.25, 0.3) is 0 Å². The molecule has 0 aromatic rings. The average molecular weight is 240 g/mol. The van der Waals surface area contributed by atoms with Gasteiger partial charge in [0.1, 0.15) is 6.04 Å². The van der Waals surface area contributed by atoms with Crippen LogP contribution in [0.5, 0.6) is 0 Å². The molecule has 0 aliphatic heterocycles. The van der Waals surface area contributed by atoms with Gasteiger partial charge < -0.3 is 10.8 Å². The van der Waals surface area contributed by atoms with Crippen molar-refractivity contribution in [1.82, 2.24) is 0 Å². The molecule has 4 atom stereocenters. The monoisotopic (exact) mass is 239 g/mol. The molecule has 1 saturated carbocycles. The van der Waals surface area contributed by atoms with Crippen molar-refractivity contribution in [2.24, 2.45) is 11.7 Å². The van der Waals surface area contributed by atoms with Crippen LogP contribution in [0.1, 0.15) is 25.7 Å². The minimum Gasteiger partial charge on any atom is -0.480 e. The third kappa shape index (κ3) is 3.30. The van der Waals surface area contributed by atoms with E-state index < -0.39 is 12.0 Å². The molecule has 1 aliphatic rings. The quantitative estimate of drug-likeness (QED) is 0.739. The maximum absolute atomic E-state index is 10.5. The highest BCUT2D eigenvalue weighted by molar-refractivity contribution is 6.30. The van der Waals surface area contributed by atoms with Crippen LogP contribution in [0.3, 0.4) is 0 Å². The van der Waals surface area contributed by atoms with Crippen LogP contribution in [0, 0.1) is 5.92 Å². The van der Waals surface area contributed by atoms with E-state index >= 15 is 0 Å². The number of rotatable bonds is 3. The lowest BCUT2D eigenvalue weighted by Crippen LogP contribution is -2.35. The normalized spacial score (nSPS) is 35.2. The first-order chi connectivity index (χ1) is 6.50. The first-order valence-corrected chi connectivity index (χ1v) is 5.64. The molecule has 0 spiro atoms. The van der Waals surface area contributed by atoms with Gasteiger partial charge in [0.05, 0.1) is 5.38 Å².